The van der Waals surface area contributed by atoms with Gasteiger partial charge in [0, 0.05) is 68.0 Å². The molecule has 0 bridgehead atoms. The first kappa shape index (κ1) is 29.1. The van der Waals surface area contributed by atoms with Crippen molar-refractivity contribution in [1.29, 1.82) is 0 Å². The van der Waals surface area contributed by atoms with Crippen molar-refractivity contribution in [2.45, 2.75) is 46.2 Å². The Labute approximate surface area is 264 Å². The maximum absolute atomic E-state index is 13.4. The largest absolute Gasteiger partial charge is 0.338 e. The number of nitrogens with one attached hydrogen (secondary N) is 2. The van der Waals surface area contributed by atoms with Gasteiger partial charge in [0.05, 0.1) is 5.69 Å². The second-order valence-electron chi connectivity index (χ2n) is 12.5. The van der Waals surface area contributed by atoms with Gasteiger partial charge in [-0.15, -0.1) is 0 Å². The Morgan fingerprint density at radius 2 is 1.64 bits per heavy atom. The van der Waals surface area contributed by atoms with Crippen LogP contribution in [0, 0.1) is 13.8 Å². The van der Waals surface area contributed by atoms with Gasteiger partial charge in [-0.2, -0.15) is 0 Å². The van der Waals surface area contributed by atoms with E-state index in [4.69, 9.17) is 9.97 Å². The fourth-order valence-electron chi connectivity index (χ4n) is 6.78. The fourth-order valence-corrected chi connectivity index (χ4v) is 6.78. The van der Waals surface area contributed by atoms with Crippen molar-refractivity contribution < 1.29 is 4.79 Å². The van der Waals surface area contributed by atoms with Crippen molar-refractivity contribution in [3.05, 3.63) is 94.8 Å². The van der Waals surface area contributed by atoms with Crippen molar-refractivity contribution in [3.8, 4) is 11.1 Å². The average molecular weight is 601 g/mol. The molecule has 0 unspecified atom stereocenters. The molecule has 45 heavy (non-hydrogen) atoms. The highest BCUT2D eigenvalue weighted by atomic mass is 16.2. The lowest BCUT2D eigenvalue weighted by atomic mass is 9.94. The molecule has 0 radical (unpaired) electrons. The number of fused-ring (bicyclic) bond motifs is 2. The molecule has 9 heteroatoms. The zero-order valence-electron chi connectivity index (χ0n) is 26.5. The third-order valence-electron chi connectivity index (χ3n) is 9.37. The normalized spacial score (nSPS) is 15.4. The molecule has 230 valence electrons. The summed E-state index contributed by atoms with van der Waals surface area (Å²) < 4.78 is 1.95. The number of imidazole rings is 1. The number of hydrogen-bond acceptors (Lipinski definition) is 7. The molecule has 3 aromatic heterocycles. The quantitative estimate of drug-likeness (QED) is 0.229. The second-order valence-corrected chi connectivity index (χ2v) is 12.5. The average Bonchev–Trinajstić information content (AvgIpc) is 3.66. The van der Waals surface area contributed by atoms with Crippen LogP contribution < -0.4 is 10.6 Å². The molecule has 9 nitrogen and oxygen atoms in total. The van der Waals surface area contributed by atoms with Gasteiger partial charge in [-0.3, -0.25) is 14.7 Å². The van der Waals surface area contributed by atoms with Gasteiger partial charge in [0.1, 0.15) is 5.52 Å². The highest BCUT2D eigenvalue weighted by molar-refractivity contribution is 6.03. The highest BCUT2D eigenvalue weighted by Gasteiger charge is 2.24. The first-order valence-electron chi connectivity index (χ1n) is 15.8. The van der Waals surface area contributed by atoms with E-state index < -0.39 is 0 Å². The minimum Gasteiger partial charge on any atom is -0.338 e. The lowest BCUT2D eigenvalue weighted by Gasteiger charge is -2.21. The van der Waals surface area contributed by atoms with E-state index in [-0.39, 0.29) is 5.91 Å². The summed E-state index contributed by atoms with van der Waals surface area (Å²) in [4.78, 5) is 32.4. The summed E-state index contributed by atoms with van der Waals surface area (Å²) in [7, 11) is 4.02. The van der Waals surface area contributed by atoms with E-state index in [1.54, 1.807) is 0 Å². The summed E-state index contributed by atoms with van der Waals surface area (Å²) >= 11 is 0. The van der Waals surface area contributed by atoms with Crippen LogP contribution in [0.5, 0.6) is 0 Å². The smallest absolute Gasteiger partial charge is 0.291 e. The van der Waals surface area contributed by atoms with E-state index in [0.717, 1.165) is 101 Å². The monoisotopic (exact) mass is 600 g/mol. The molecule has 2 N–H and O–H groups in total. The number of likely N-dealkylation sites (N-methyl/N-ethyl adjacent to an activating group) is 1. The number of aromatic nitrogens is 4. The molecule has 2 aromatic carbocycles. The number of rotatable bonds is 7. The highest BCUT2D eigenvalue weighted by Crippen LogP contribution is 2.35. The maximum atomic E-state index is 13.4. The Bertz CT molecular complexity index is 1910. The standard InChI is InChI=1S/C36H40N8O/c1-23-27(28-10-8-12-30(24(28)2)41-36(45)35-40-31-22-42(3)18-14-32(31)43(35)4)9-7-11-29(23)39-34-33-26(13-15-37-34)19-25(20-38-33)21-44-16-5-6-17-44/h7-13,15,19-20H,5-6,14,16-18,21-22H2,1-4H3,(H,37,39)(H,41,45). The lowest BCUT2D eigenvalue weighted by molar-refractivity contribution is 0.101. The number of nitrogens with zero attached hydrogens (tertiary/aromatic N) is 6. The number of likely N-dealkylation sites (tertiary alicyclic amines) is 1. The third kappa shape index (κ3) is 5.69. The van der Waals surface area contributed by atoms with E-state index in [9.17, 15) is 4.79 Å². The van der Waals surface area contributed by atoms with Crippen LogP contribution in [0.15, 0.2) is 60.9 Å². The summed E-state index contributed by atoms with van der Waals surface area (Å²) in [5, 5.41) is 7.80. The van der Waals surface area contributed by atoms with Crippen LogP contribution in [-0.2, 0) is 26.6 Å². The summed E-state index contributed by atoms with van der Waals surface area (Å²) in [5.41, 5.74) is 10.2. The topological polar surface area (TPSA) is 91.2 Å². The molecule has 0 saturated carbocycles. The summed E-state index contributed by atoms with van der Waals surface area (Å²) in [6.45, 7) is 9.16. The Balaban J connectivity index is 1.14. The summed E-state index contributed by atoms with van der Waals surface area (Å²) in [5.74, 6) is 0.990. The number of hydrogen-bond donors (Lipinski definition) is 2. The van der Waals surface area contributed by atoms with Gasteiger partial charge in [0.25, 0.3) is 5.91 Å². The minimum absolute atomic E-state index is 0.194. The van der Waals surface area contributed by atoms with E-state index in [1.165, 1.54) is 18.4 Å². The fraction of sp³-hybridized carbons (Fsp3) is 0.333. The molecule has 2 aliphatic heterocycles. The molecule has 5 aromatic rings. The SMILES string of the molecule is Cc1c(NC(=O)c2nc3c(n2C)CCN(C)C3)cccc1-c1cccc(Nc2nccc3cc(CN4CCCC4)cnc23)c1C. The third-order valence-corrected chi connectivity index (χ3v) is 9.37. The van der Waals surface area contributed by atoms with Crippen LogP contribution in [0.2, 0.25) is 0 Å². The van der Waals surface area contributed by atoms with Crippen LogP contribution in [-0.4, -0.2) is 61.9 Å². The molecule has 1 saturated heterocycles. The van der Waals surface area contributed by atoms with Gasteiger partial charge in [0.15, 0.2) is 11.6 Å². The molecule has 1 amide bonds. The van der Waals surface area contributed by atoms with E-state index >= 15 is 0 Å². The minimum atomic E-state index is -0.194. The van der Waals surface area contributed by atoms with Gasteiger partial charge in [-0.1, -0.05) is 24.3 Å². The Morgan fingerprint density at radius 1 is 0.911 bits per heavy atom. The van der Waals surface area contributed by atoms with Crippen LogP contribution in [0.25, 0.3) is 22.0 Å². The first-order valence-corrected chi connectivity index (χ1v) is 15.8. The molecular weight excluding hydrogens is 560 g/mol. The Hall–Kier alpha value is -4.60. The van der Waals surface area contributed by atoms with Gasteiger partial charge in [-0.25, -0.2) is 9.97 Å². The van der Waals surface area contributed by atoms with Crippen molar-refractivity contribution >= 4 is 34.0 Å². The zero-order chi connectivity index (χ0) is 31.1. The molecule has 5 heterocycles. The van der Waals surface area contributed by atoms with Crippen LogP contribution in [0.1, 0.15) is 51.5 Å². The van der Waals surface area contributed by atoms with Crippen molar-refractivity contribution in [2.75, 3.05) is 37.3 Å². The summed E-state index contributed by atoms with van der Waals surface area (Å²) in [6, 6.07) is 16.6. The van der Waals surface area contributed by atoms with Crippen LogP contribution in [0.3, 0.4) is 0 Å². The van der Waals surface area contributed by atoms with Gasteiger partial charge in [-0.05, 0) is 98.9 Å². The molecule has 0 atom stereocenters. The van der Waals surface area contributed by atoms with Crippen LogP contribution >= 0.6 is 0 Å². The number of carbonyl (C=O) groups is 1. The Morgan fingerprint density at radius 3 is 2.42 bits per heavy atom. The predicted molar refractivity (Wildman–Crippen MR) is 180 cm³/mol. The number of benzene rings is 2. The van der Waals surface area contributed by atoms with Crippen molar-refractivity contribution in [1.82, 2.24) is 29.3 Å². The van der Waals surface area contributed by atoms with Gasteiger partial charge >= 0.3 is 0 Å². The number of pyridine rings is 2. The predicted octanol–water partition coefficient (Wildman–Crippen LogP) is 6.23. The molecule has 1 fully saturated rings. The molecular formula is C36H40N8O. The van der Waals surface area contributed by atoms with Crippen LogP contribution in [0.4, 0.5) is 17.2 Å². The summed E-state index contributed by atoms with van der Waals surface area (Å²) in [6.07, 6.45) is 7.28. The zero-order valence-corrected chi connectivity index (χ0v) is 26.5. The van der Waals surface area contributed by atoms with Crippen molar-refractivity contribution in [2.24, 2.45) is 7.05 Å². The molecule has 0 spiro atoms. The van der Waals surface area contributed by atoms with Crippen molar-refractivity contribution in [3.63, 3.8) is 0 Å². The van der Waals surface area contributed by atoms with Gasteiger partial charge in [0.2, 0.25) is 0 Å². The first-order chi connectivity index (χ1) is 21.9. The van der Waals surface area contributed by atoms with E-state index in [2.05, 4.69) is 76.6 Å². The Kier molecular flexibility index (Phi) is 7.81. The maximum Gasteiger partial charge on any atom is 0.291 e. The molecule has 0 aliphatic carbocycles. The molecule has 2 aliphatic rings. The van der Waals surface area contributed by atoms with E-state index in [0.29, 0.717) is 5.82 Å². The molecule has 7 rings (SSSR count). The second kappa shape index (κ2) is 12.1. The van der Waals surface area contributed by atoms with Gasteiger partial charge < -0.3 is 20.1 Å². The number of carbonyl (C=O) groups excluding carboxylic acids is 1. The van der Waals surface area contributed by atoms with E-state index in [1.807, 2.05) is 42.2 Å². The number of amides is 1. The number of anilines is 3. The lowest BCUT2D eigenvalue weighted by Crippen LogP contribution is -2.27.